The second-order valence-corrected chi connectivity index (χ2v) is 3.72. The molecule has 0 saturated carbocycles. The minimum Gasteiger partial charge on any atom is -0.495 e. The molecule has 0 radical (unpaired) electrons. The molecular formula is C11H10BrNO4. The molecule has 0 aliphatic heterocycles. The van der Waals surface area contributed by atoms with Crippen LogP contribution in [0.5, 0.6) is 11.5 Å². The average Bonchev–Trinajstić information content (AvgIpc) is 2.36. The summed E-state index contributed by atoms with van der Waals surface area (Å²) in [7, 11) is 2.95. The van der Waals surface area contributed by atoms with E-state index in [2.05, 4.69) is 20.7 Å². The Bertz CT molecular complexity index is 442. The van der Waals surface area contributed by atoms with E-state index in [4.69, 9.17) is 14.7 Å². The molecule has 1 aromatic rings. The third-order valence-corrected chi connectivity index (χ3v) is 2.73. The zero-order valence-corrected chi connectivity index (χ0v) is 10.9. The lowest BCUT2D eigenvalue weighted by molar-refractivity contribution is 0.0554. The summed E-state index contributed by atoms with van der Waals surface area (Å²) >= 11 is 3.28. The number of carbonyl (C=O) groups excluding carboxylic acids is 1. The molecule has 0 amide bonds. The molecule has 5 nitrogen and oxygen atoms in total. The van der Waals surface area contributed by atoms with E-state index in [1.54, 1.807) is 6.07 Å². The van der Waals surface area contributed by atoms with E-state index < -0.39 is 5.97 Å². The number of ether oxygens (including phenoxy) is 3. The Morgan fingerprint density at radius 1 is 1.35 bits per heavy atom. The molecule has 0 heterocycles. The molecule has 0 saturated heterocycles. The Kier molecular flexibility index (Phi) is 4.79. The number of esters is 1. The third kappa shape index (κ3) is 3.11. The first-order chi connectivity index (χ1) is 8.13. The van der Waals surface area contributed by atoms with Crippen molar-refractivity contribution in [3.63, 3.8) is 0 Å². The molecule has 0 fully saturated rings. The molecule has 17 heavy (non-hydrogen) atoms. The standard InChI is InChI=1S/C11H10BrNO4/c1-15-8-5-7(11(14)17-4-3-13)6-9(16-2)10(8)12/h5-6H,4H2,1-2H3. The van der Waals surface area contributed by atoms with Crippen molar-refractivity contribution >= 4 is 21.9 Å². The fourth-order valence-electron chi connectivity index (χ4n) is 1.17. The normalized spacial score (nSPS) is 9.29. The van der Waals surface area contributed by atoms with E-state index in [9.17, 15) is 4.79 Å². The van der Waals surface area contributed by atoms with Crippen molar-refractivity contribution in [1.82, 2.24) is 0 Å². The monoisotopic (exact) mass is 299 g/mol. The SMILES string of the molecule is COc1cc(C(=O)OCC#N)cc(OC)c1Br. The van der Waals surface area contributed by atoms with Crippen LogP contribution in [0.3, 0.4) is 0 Å². The highest BCUT2D eigenvalue weighted by molar-refractivity contribution is 9.10. The van der Waals surface area contributed by atoms with Gasteiger partial charge in [-0.25, -0.2) is 4.79 Å². The van der Waals surface area contributed by atoms with Gasteiger partial charge in [-0.3, -0.25) is 0 Å². The first-order valence-corrected chi connectivity index (χ1v) is 5.39. The Labute approximate surface area is 107 Å². The highest BCUT2D eigenvalue weighted by Crippen LogP contribution is 2.35. The fraction of sp³-hybridized carbons (Fsp3) is 0.273. The van der Waals surface area contributed by atoms with Gasteiger partial charge in [-0.1, -0.05) is 0 Å². The number of halogens is 1. The molecule has 0 aliphatic carbocycles. The molecule has 0 aromatic heterocycles. The molecule has 0 bridgehead atoms. The van der Waals surface area contributed by atoms with Gasteiger partial charge in [-0.05, 0) is 28.1 Å². The molecule has 0 N–H and O–H groups in total. The predicted molar refractivity (Wildman–Crippen MR) is 63.1 cm³/mol. The van der Waals surface area contributed by atoms with Crippen LogP contribution in [0.1, 0.15) is 10.4 Å². The molecule has 6 heteroatoms. The van der Waals surface area contributed by atoms with Crippen LogP contribution in [0.2, 0.25) is 0 Å². The molecule has 1 rings (SSSR count). The summed E-state index contributed by atoms with van der Waals surface area (Å²) in [5.74, 6) is 0.303. The average molecular weight is 300 g/mol. The van der Waals surface area contributed by atoms with Crippen LogP contribution in [0.25, 0.3) is 0 Å². The number of nitrogens with zero attached hydrogens (tertiary/aromatic N) is 1. The van der Waals surface area contributed by atoms with Crippen LogP contribution < -0.4 is 9.47 Å². The predicted octanol–water partition coefficient (Wildman–Crippen LogP) is 2.15. The number of rotatable bonds is 4. The molecule has 0 atom stereocenters. The molecular weight excluding hydrogens is 290 g/mol. The molecule has 1 aromatic carbocycles. The largest absolute Gasteiger partial charge is 0.495 e. The molecule has 90 valence electrons. The summed E-state index contributed by atoms with van der Waals surface area (Å²) in [4.78, 5) is 11.6. The lowest BCUT2D eigenvalue weighted by atomic mass is 10.2. The lowest BCUT2D eigenvalue weighted by Crippen LogP contribution is -2.06. The van der Waals surface area contributed by atoms with E-state index in [0.29, 0.717) is 16.0 Å². The Morgan fingerprint density at radius 2 is 1.88 bits per heavy atom. The van der Waals surface area contributed by atoms with Crippen LogP contribution in [-0.4, -0.2) is 26.8 Å². The Hall–Kier alpha value is -1.74. The summed E-state index contributed by atoms with van der Waals surface area (Å²) in [5, 5.41) is 8.32. The van der Waals surface area contributed by atoms with E-state index in [1.807, 2.05) is 0 Å². The molecule has 0 aliphatic rings. The maximum atomic E-state index is 11.6. The molecule has 0 spiro atoms. The number of nitriles is 1. The quantitative estimate of drug-likeness (QED) is 0.797. The van der Waals surface area contributed by atoms with Crippen LogP contribution in [0.4, 0.5) is 0 Å². The number of carbonyl (C=O) groups is 1. The summed E-state index contributed by atoms with van der Waals surface area (Å²) in [6.45, 7) is -0.292. The maximum Gasteiger partial charge on any atom is 0.339 e. The van der Waals surface area contributed by atoms with Gasteiger partial charge < -0.3 is 14.2 Å². The van der Waals surface area contributed by atoms with Crippen LogP contribution in [-0.2, 0) is 4.74 Å². The van der Waals surface area contributed by atoms with E-state index in [1.165, 1.54) is 26.4 Å². The minimum absolute atomic E-state index is 0.261. The van der Waals surface area contributed by atoms with Gasteiger partial charge in [0.25, 0.3) is 0 Å². The minimum atomic E-state index is -0.601. The van der Waals surface area contributed by atoms with Crippen molar-refractivity contribution in [3.8, 4) is 17.6 Å². The van der Waals surface area contributed by atoms with Gasteiger partial charge in [-0.15, -0.1) is 0 Å². The van der Waals surface area contributed by atoms with Crippen molar-refractivity contribution in [3.05, 3.63) is 22.2 Å². The zero-order chi connectivity index (χ0) is 12.8. The highest BCUT2D eigenvalue weighted by atomic mass is 79.9. The Balaban J connectivity index is 3.09. The Morgan fingerprint density at radius 3 is 2.29 bits per heavy atom. The van der Waals surface area contributed by atoms with Gasteiger partial charge in [0.1, 0.15) is 22.0 Å². The van der Waals surface area contributed by atoms with Gasteiger partial charge in [0.15, 0.2) is 6.61 Å². The maximum absolute atomic E-state index is 11.6. The number of benzene rings is 1. The van der Waals surface area contributed by atoms with Crippen LogP contribution >= 0.6 is 15.9 Å². The van der Waals surface area contributed by atoms with Gasteiger partial charge in [0.2, 0.25) is 0 Å². The number of hydrogen-bond donors (Lipinski definition) is 0. The van der Waals surface area contributed by atoms with E-state index in [0.717, 1.165) is 0 Å². The van der Waals surface area contributed by atoms with Gasteiger partial charge in [0, 0.05) is 0 Å². The fourth-order valence-corrected chi connectivity index (χ4v) is 1.72. The summed E-state index contributed by atoms with van der Waals surface area (Å²) in [6.07, 6.45) is 0. The first kappa shape index (κ1) is 13.3. The van der Waals surface area contributed by atoms with Crippen molar-refractivity contribution in [2.75, 3.05) is 20.8 Å². The van der Waals surface area contributed by atoms with Crippen LogP contribution in [0.15, 0.2) is 16.6 Å². The zero-order valence-electron chi connectivity index (χ0n) is 9.32. The van der Waals surface area contributed by atoms with Crippen molar-refractivity contribution in [2.45, 2.75) is 0 Å². The van der Waals surface area contributed by atoms with Gasteiger partial charge >= 0.3 is 5.97 Å². The van der Waals surface area contributed by atoms with E-state index in [-0.39, 0.29) is 12.2 Å². The number of methoxy groups -OCH3 is 2. The van der Waals surface area contributed by atoms with Crippen molar-refractivity contribution < 1.29 is 19.0 Å². The van der Waals surface area contributed by atoms with Crippen LogP contribution in [0, 0.1) is 11.3 Å². The smallest absolute Gasteiger partial charge is 0.339 e. The van der Waals surface area contributed by atoms with Crippen molar-refractivity contribution in [2.24, 2.45) is 0 Å². The second kappa shape index (κ2) is 6.11. The first-order valence-electron chi connectivity index (χ1n) is 4.59. The molecule has 0 unspecified atom stereocenters. The third-order valence-electron chi connectivity index (χ3n) is 1.95. The van der Waals surface area contributed by atoms with E-state index >= 15 is 0 Å². The highest BCUT2D eigenvalue weighted by Gasteiger charge is 2.15. The summed E-state index contributed by atoms with van der Waals surface area (Å²) in [6, 6.07) is 4.73. The van der Waals surface area contributed by atoms with Gasteiger partial charge in [0.05, 0.1) is 19.8 Å². The topological polar surface area (TPSA) is 68.5 Å². The van der Waals surface area contributed by atoms with Crippen molar-refractivity contribution in [1.29, 1.82) is 5.26 Å². The second-order valence-electron chi connectivity index (χ2n) is 2.93. The summed E-state index contributed by atoms with van der Waals surface area (Å²) < 4.78 is 15.5. The lowest BCUT2D eigenvalue weighted by Gasteiger charge is -2.10. The number of hydrogen-bond acceptors (Lipinski definition) is 5. The van der Waals surface area contributed by atoms with Gasteiger partial charge in [-0.2, -0.15) is 5.26 Å². The summed E-state index contributed by atoms with van der Waals surface area (Å²) in [5.41, 5.74) is 0.261.